The van der Waals surface area contributed by atoms with Gasteiger partial charge in [0.25, 0.3) is 0 Å². The van der Waals surface area contributed by atoms with Gasteiger partial charge in [0.1, 0.15) is 0 Å². The van der Waals surface area contributed by atoms with Crippen molar-refractivity contribution in [2.75, 3.05) is 5.75 Å². The van der Waals surface area contributed by atoms with Gasteiger partial charge in [0.15, 0.2) is 9.84 Å². The summed E-state index contributed by atoms with van der Waals surface area (Å²) in [7, 11) is -3.47. The Hall–Kier alpha value is -1.69. The van der Waals surface area contributed by atoms with Crippen molar-refractivity contribution in [2.24, 2.45) is 0 Å². The molecule has 1 aliphatic rings. The lowest BCUT2D eigenvalue weighted by molar-refractivity contribution is 0.115. The van der Waals surface area contributed by atoms with E-state index in [4.69, 9.17) is 0 Å². The number of benzene rings is 2. The van der Waals surface area contributed by atoms with Crippen LogP contribution < -0.4 is 5.32 Å². The van der Waals surface area contributed by atoms with Gasteiger partial charge in [0.05, 0.1) is 22.8 Å². The third-order valence-corrected chi connectivity index (χ3v) is 7.36. The van der Waals surface area contributed by atoms with Crippen molar-refractivity contribution in [3.8, 4) is 0 Å². The molecule has 4 nitrogen and oxygen atoms in total. The van der Waals surface area contributed by atoms with Crippen LogP contribution in [-0.2, 0) is 9.84 Å². The Morgan fingerprint density at radius 1 is 1.12 bits per heavy atom. The second kappa shape index (κ2) is 7.51. The van der Waals surface area contributed by atoms with E-state index in [9.17, 15) is 13.5 Å². The van der Waals surface area contributed by atoms with Gasteiger partial charge in [0, 0.05) is 5.54 Å². The molecule has 2 N–H and O–H groups in total. The number of rotatable bonds is 5. The lowest BCUT2D eigenvalue weighted by Gasteiger charge is -2.37. The second-order valence-corrected chi connectivity index (χ2v) is 9.14. The van der Waals surface area contributed by atoms with Gasteiger partial charge in [-0.3, -0.25) is 5.32 Å². The van der Waals surface area contributed by atoms with E-state index in [-0.39, 0.29) is 11.8 Å². The molecule has 2 aromatic rings. The van der Waals surface area contributed by atoms with Crippen molar-refractivity contribution >= 4 is 9.84 Å². The zero-order valence-corrected chi connectivity index (χ0v) is 16.2. The summed E-state index contributed by atoms with van der Waals surface area (Å²) in [4.78, 5) is 0.391. The van der Waals surface area contributed by atoms with Gasteiger partial charge < -0.3 is 5.11 Å². The summed E-state index contributed by atoms with van der Waals surface area (Å²) in [5.41, 5.74) is 1.13. The number of aliphatic hydroxyl groups excluding tert-OH is 1. The molecule has 0 fully saturated rings. The van der Waals surface area contributed by atoms with Crippen molar-refractivity contribution in [3.63, 3.8) is 0 Å². The molecule has 2 unspecified atom stereocenters. The van der Waals surface area contributed by atoms with Gasteiger partial charge in [-0.2, -0.15) is 0 Å². The lowest BCUT2D eigenvalue weighted by Crippen LogP contribution is -2.52. The van der Waals surface area contributed by atoms with Gasteiger partial charge in [-0.05, 0) is 36.5 Å². The van der Waals surface area contributed by atoms with Gasteiger partial charge in [-0.25, -0.2) is 8.42 Å². The first-order valence-corrected chi connectivity index (χ1v) is 10.9. The maximum atomic E-state index is 13.2. The van der Waals surface area contributed by atoms with E-state index in [1.54, 1.807) is 12.1 Å². The highest BCUT2D eigenvalue weighted by molar-refractivity contribution is 7.91. The second-order valence-electron chi connectivity index (χ2n) is 7.19. The Morgan fingerprint density at radius 3 is 2.42 bits per heavy atom. The standard InChI is InChI=1S/C21H27NO3S/c1-3-17(23)14-21(4-2)15-26(24,25)19-13-9-8-12-18(19)20(22-21)16-10-6-5-7-11-16/h5-13,17,20,22-23H,3-4,14-15H2,1-2H3/t17-,20?,21?/m1/s1. The number of aliphatic hydroxyl groups is 1. The minimum atomic E-state index is -3.47. The Bertz CT molecular complexity index is 851. The van der Waals surface area contributed by atoms with Crippen LogP contribution >= 0.6 is 0 Å². The Morgan fingerprint density at radius 2 is 1.77 bits per heavy atom. The highest BCUT2D eigenvalue weighted by Gasteiger charge is 2.42. The van der Waals surface area contributed by atoms with Crippen LogP contribution in [0.5, 0.6) is 0 Å². The van der Waals surface area contributed by atoms with E-state index in [2.05, 4.69) is 5.32 Å². The molecule has 26 heavy (non-hydrogen) atoms. The molecule has 0 radical (unpaired) electrons. The van der Waals surface area contributed by atoms with E-state index in [1.807, 2.05) is 56.3 Å². The monoisotopic (exact) mass is 373 g/mol. The minimum absolute atomic E-state index is 0.00604. The van der Waals surface area contributed by atoms with Gasteiger partial charge >= 0.3 is 0 Å². The van der Waals surface area contributed by atoms with E-state index < -0.39 is 21.5 Å². The zero-order chi connectivity index (χ0) is 18.8. The smallest absolute Gasteiger partial charge is 0.180 e. The summed E-state index contributed by atoms with van der Waals surface area (Å²) in [5.74, 6) is -0.00604. The molecule has 0 spiro atoms. The van der Waals surface area contributed by atoms with Crippen LogP contribution in [0, 0.1) is 0 Å². The predicted molar refractivity (Wildman–Crippen MR) is 104 cm³/mol. The quantitative estimate of drug-likeness (QED) is 0.842. The normalized spacial score (nSPS) is 25.9. The van der Waals surface area contributed by atoms with Crippen LogP contribution in [0.1, 0.15) is 50.3 Å². The summed E-state index contributed by atoms with van der Waals surface area (Å²) in [6, 6.07) is 16.9. The molecule has 0 amide bonds. The fourth-order valence-electron chi connectivity index (χ4n) is 3.84. The summed E-state index contributed by atoms with van der Waals surface area (Å²) in [6.07, 6.45) is 1.11. The minimum Gasteiger partial charge on any atom is -0.393 e. The highest BCUT2D eigenvalue weighted by atomic mass is 32.2. The van der Waals surface area contributed by atoms with Crippen LogP contribution in [0.2, 0.25) is 0 Å². The first-order chi connectivity index (χ1) is 12.4. The molecule has 1 heterocycles. The molecule has 0 aliphatic carbocycles. The lowest BCUT2D eigenvalue weighted by atomic mass is 9.87. The first-order valence-electron chi connectivity index (χ1n) is 9.23. The van der Waals surface area contributed by atoms with Gasteiger partial charge in [0.2, 0.25) is 0 Å². The van der Waals surface area contributed by atoms with E-state index >= 15 is 0 Å². The maximum absolute atomic E-state index is 13.2. The molecule has 0 aromatic heterocycles. The summed E-state index contributed by atoms with van der Waals surface area (Å²) >= 11 is 0. The molecule has 1 aliphatic heterocycles. The summed E-state index contributed by atoms with van der Waals surface area (Å²) in [6.45, 7) is 3.91. The zero-order valence-electron chi connectivity index (χ0n) is 15.4. The number of sulfone groups is 1. The molecule has 0 saturated heterocycles. The van der Waals surface area contributed by atoms with Crippen molar-refractivity contribution < 1.29 is 13.5 Å². The van der Waals surface area contributed by atoms with E-state index in [0.29, 0.717) is 24.2 Å². The third-order valence-electron chi connectivity index (χ3n) is 5.39. The summed E-state index contributed by atoms with van der Waals surface area (Å²) in [5, 5.41) is 13.9. The Labute approximate surface area is 156 Å². The number of fused-ring (bicyclic) bond motifs is 1. The fraction of sp³-hybridized carbons (Fsp3) is 0.429. The van der Waals surface area contributed by atoms with Crippen LogP contribution in [0.15, 0.2) is 59.5 Å². The molecule has 0 saturated carbocycles. The van der Waals surface area contributed by atoms with Crippen LogP contribution in [0.3, 0.4) is 0 Å². The molecule has 0 bridgehead atoms. The van der Waals surface area contributed by atoms with E-state index in [1.165, 1.54) is 0 Å². The largest absolute Gasteiger partial charge is 0.393 e. The van der Waals surface area contributed by atoms with Crippen molar-refractivity contribution in [1.29, 1.82) is 0 Å². The Kier molecular flexibility index (Phi) is 5.51. The van der Waals surface area contributed by atoms with Crippen molar-refractivity contribution in [3.05, 3.63) is 65.7 Å². The highest BCUT2D eigenvalue weighted by Crippen LogP contribution is 2.37. The fourth-order valence-corrected chi connectivity index (χ4v) is 5.96. The van der Waals surface area contributed by atoms with Crippen LogP contribution in [0.4, 0.5) is 0 Å². The predicted octanol–water partition coefficient (Wildman–Crippen LogP) is 3.46. The molecule has 2 aromatic carbocycles. The SMILES string of the molecule is CC[C@@H](O)CC1(CC)CS(=O)(=O)c2ccccc2C(c2ccccc2)N1. The number of hydrogen-bond acceptors (Lipinski definition) is 4. The van der Waals surface area contributed by atoms with Crippen molar-refractivity contribution in [2.45, 2.75) is 55.7 Å². The van der Waals surface area contributed by atoms with Crippen molar-refractivity contribution in [1.82, 2.24) is 5.32 Å². The van der Waals surface area contributed by atoms with Gasteiger partial charge in [-0.15, -0.1) is 0 Å². The Balaban J connectivity index is 2.18. The van der Waals surface area contributed by atoms with Crippen LogP contribution in [-0.4, -0.2) is 30.9 Å². The third kappa shape index (κ3) is 3.70. The number of hydrogen-bond donors (Lipinski definition) is 2. The topological polar surface area (TPSA) is 66.4 Å². The summed E-state index contributed by atoms with van der Waals surface area (Å²) < 4.78 is 26.4. The molecule has 3 rings (SSSR count). The molecule has 3 atom stereocenters. The molecular formula is C21H27NO3S. The molecule has 5 heteroatoms. The molecular weight excluding hydrogens is 346 g/mol. The van der Waals surface area contributed by atoms with Gasteiger partial charge in [-0.1, -0.05) is 62.4 Å². The van der Waals surface area contributed by atoms with Crippen LogP contribution in [0.25, 0.3) is 0 Å². The first kappa shape index (κ1) is 19.1. The average Bonchev–Trinajstić information content (AvgIpc) is 2.75. The number of nitrogens with one attached hydrogen (secondary N) is 1. The van der Waals surface area contributed by atoms with E-state index in [0.717, 1.165) is 11.1 Å². The maximum Gasteiger partial charge on any atom is 0.180 e. The average molecular weight is 374 g/mol. The molecule has 140 valence electrons.